The lowest BCUT2D eigenvalue weighted by molar-refractivity contribution is -0.140. The normalized spacial score (nSPS) is 17.7. The zero-order chi connectivity index (χ0) is 22.0. The highest BCUT2D eigenvalue weighted by atomic mass is 35.5. The van der Waals surface area contributed by atoms with Crippen LogP contribution in [0.1, 0.15) is 22.7 Å². The Labute approximate surface area is 184 Å². The van der Waals surface area contributed by atoms with Gasteiger partial charge in [0.1, 0.15) is 11.5 Å². The number of aromatic nitrogens is 1. The summed E-state index contributed by atoms with van der Waals surface area (Å²) >= 11 is 6.04. The minimum absolute atomic E-state index is 0.0180. The molecule has 2 aromatic carbocycles. The molecular formula is C24H19ClN2O4. The third kappa shape index (κ3) is 4.02. The van der Waals surface area contributed by atoms with Crippen LogP contribution >= 0.6 is 11.6 Å². The molecule has 0 radical (unpaired) electrons. The van der Waals surface area contributed by atoms with Gasteiger partial charge in [-0.25, -0.2) is 0 Å². The molecule has 1 amide bonds. The highest BCUT2D eigenvalue weighted by Gasteiger charge is 2.46. The highest BCUT2D eigenvalue weighted by molar-refractivity contribution is 6.46. The first-order chi connectivity index (χ1) is 15.0. The molecule has 0 saturated carbocycles. The molecule has 6 nitrogen and oxygen atoms in total. The number of carbonyl (C=O) groups is 2. The Hall–Kier alpha value is -3.64. The monoisotopic (exact) mass is 434 g/mol. The van der Waals surface area contributed by atoms with Gasteiger partial charge in [-0.1, -0.05) is 41.9 Å². The van der Waals surface area contributed by atoms with Crippen molar-refractivity contribution < 1.29 is 19.4 Å². The minimum Gasteiger partial charge on any atom is -0.507 e. The smallest absolute Gasteiger partial charge is 0.295 e. The third-order valence-electron chi connectivity index (χ3n) is 5.14. The number of nitrogens with zero attached hydrogens (tertiary/aromatic N) is 2. The fraction of sp³-hybridized carbons (Fsp3) is 0.125. The van der Waals surface area contributed by atoms with E-state index < -0.39 is 17.7 Å². The molecule has 1 N–H and O–H groups in total. The van der Waals surface area contributed by atoms with Crippen LogP contribution in [0.5, 0.6) is 5.75 Å². The third-order valence-corrected chi connectivity index (χ3v) is 5.40. The molecule has 1 atom stereocenters. The SMILES string of the molecule is COc1cccc(/C(O)=C2\C(=O)C(=O)N(Cc3cccnc3)[C@@H]2c2ccc(Cl)cc2)c1. The van der Waals surface area contributed by atoms with Crippen LogP contribution in [0.4, 0.5) is 0 Å². The number of Topliss-reactive ketones (excluding diaryl/α,β-unsaturated/α-hetero) is 1. The lowest BCUT2D eigenvalue weighted by atomic mass is 9.95. The second-order valence-corrected chi connectivity index (χ2v) is 7.51. The van der Waals surface area contributed by atoms with Crippen molar-refractivity contribution in [1.29, 1.82) is 0 Å². The molecule has 0 bridgehead atoms. The van der Waals surface area contributed by atoms with E-state index in [0.29, 0.717) is 21.9 Å². The molecule has 0 unspecified atom stereocenters. The number of benzene rings is 2. The Balaban J connectivity index is 1.86. The summed E-state index contributed by atoms with van der Waals surface area (Å²) in [5.41, 5.74) is 1.84. The fourth-order valence-electron chi connectivity index (χ4n) is 3.65. The van der Waals surface area contributed by atoms with Gasteiger partial charge in [0.2, 0.25) is 0 Å². The predicted octanol–water partition coefficient (Wildman–Crippen LogP) is 4.37. The second-order valence-electron chi connectivity index (χ2n) is 7.07. The van der Waals surface area contributed by atoms with E-state index in [9.17, 15) is 14.7 Å². The van der Waals surface area contributed by atoms with E-state index >= 15 is 0 Å². The number of aliphatic hydroxyl groups is 1. The number of carbonyl (C=O) groups excluding carboxylic acids is 2. The molecule has 0 spiro atoms. The van der Waals surface area contributed by atoms with Gasteiger partial charge < -0.3 is 14.7 Å². The molecule has 4 rings (SSSR count). The number of ether oxygens (including phenoxy) is 1. The highest BCUT2D eigenvalue weighted by Crippen LogP contribution is 2.40. The van der Waals surface area contributed by atoms with Crippen molar-refractivity contribution in [2.24, 2.45) is 0 Å². The average molecular weight is 435 g/mol. The number of methoxy groups -OCH3 is 1. The Morgan fingerprint density at radius 1 is 1.13 bits per heavy atom. The van der Waals surface area contributed by atoms with Gasteiger partial charge in [0.05, 0.1) is 18.7 Å². The Morgan fingerprint density at radius 2 is 1.90 bits per heavy atom. The first-order valence-electron chi connectivity index (χ1n) is 9.57. The van der Waals surface area contributed by atoms with Crippen LogP contribution in [-0.2, 0) is 16.1 Å². The molecular weight excluding hydrogens is 416 g/mol. The molecule has 1 aliphatic rings. The zero-order valence-electron chi connectivity index (χ0n) is 16.7. The van der Waals surface area contributed by atoms with Gasteiger partial charge in [0.15, 0.2) is 0 Å². The van der Waals surface area contributed by atoms with Crippen molar-refractivity contribution in [1.82, 2.24) is 9.88 Å². The van der Waals surface area contributed by atoms with Gasteiger partial charge in [-0.2, -0.15) is 0 Å². The Bertz CT molecular complexity index is 1160. The molecule has 31 heavy (non-hydrogen) atoms. The fourth-order valence-corrected chi connectivity index (χ4v) is 3.77. The maximum atomic E-state index is 13.0. The van der Waals surface area contributed by atoms with Crippen molar-refractivity contribution in [3.05, 3.63) is 100 Å². The van der Waals surface area contributed by atoms with E-state index in [-0.39, 0.29) is 17.9 Å². The summed E-state index contributed by atoms with van der Waals surface area (Å²) in [5, 5.41) is 11.6. The average Bonchev–Trinajstić information content (AvgIpc) is 3.05. The van der Waals surface area contributed by atoms with Gasteiger partial charge in [-0.05, 0) is 41.5 Å². The van der Waals surface area contributed by atoms with E-state index in [1.807, 2.05) is 6.07 Å². The van der Waals surface area contributed by atoms with E-state index in [1.54, 1.807) is 67.0 Å². The van der Waals surface area contributed by atoms with Gasteiger partial charge in [-0.15, -0.1) is 0 Å². The Kier molecular flexibility index (Phi) is 5.73. The quantitative estimate of drug-likeness (QED) is 0.366. The summed E-state index contributed by atoms with van der Waals surface area (Å²) in [5.74, 6) is -1.17. The van der Waals surface area contributed by atoms with Crippen molar-refractivity contribution in [3.8, 4) is 5.75 Å². The van der Waals surface area contributed by atoms with Crippen LogP contribution in [0, 0.1) is 0 Å². The lowest BCUT2D eigenvalue weighted by Crippen LogP contribution is -2.29. The minimum atomic E-state index is -0.774. The van der Waals surface area contributed by atoms with E-state index in [0.717, 1.165) is 5.56 Å². The van der Waals surface area contributed by atoms with E-state index in [4.69, 9.17) is 16.3 Å². The van der Waals surface area contributed by atoms with Gasteiger partial charge in [-0.3, -0.25) is 14.6 Å². The number of rotatable bonds is 5. The molecule has 7 heteroatoms. The number of aliphatic hydroxyl groups excluding tert-OH is 1. The topological polar surface area (TPSA) is 79.7 Å². The van der Waals surface area contributed by atoms with Crippen molar-refractivity contribution in [2.75, 3.05) is 7.11 Å². The summed E-state index contributed by atoms with van der Waals surface area (Å²) in [6, 6.07) is 16.4. The van der Waals surface area contributed by atoms with Crippen molar-refractivity contribution in [3.63, 3.8) is 0 Å². The molecule has 1 aliphatic heterocycles. The number of halogens is 1. The summed E-state index contributed by atoms with van der Waals surface area (Å²) in [4.78, 5) is 31.6. The van der Waals surface area contributed by atoms with Crippen LogP contribution in [-0.4, -0.2) is 33.8 Å². The summed E-state index contributed by atoms with van der Waals surface area (Å²) in [6.07, 6.45) is 3.28. The summed E-state index contributed by atoms with van der Waals surface area (Å²) in [7, 11) is 1.51. The van der Waals surface area contributed by atoms with Crippen LogP contribution in [0.3, 0.4) is 0 Å². The molecule has 156 valence electrons. The van der Waals surface area contributed by atoms with E-state index in [2.05, 4.69) is 4.98 Å². The maximum Gasteiger partial charge on any atom is 0.295 e. The first-order valence-corrected chi connectivity index (χ1v) is 9.94. The van der Waals surface area contributed by atoms with Gasteiger partial charge >= 0.3 is 0 Å². The summed E-state index contributed by atoms with van der Waals surface area (Å²) < 4.78 is 5.22. The molecule has 1 fully saturated rings. The molecule has 1 saturated heterocycles. The first kappa shape index (κ1) is 20.6. The molecule has 2 heterocycles. The summed E-state index contributed by atoms with van der Waals surface area (Å²) in [6.45, 7) is 0.167. The van der Waals surface area contributed by atoms with Crippen molar-refractivity contribution >= 4 is 29.1 Å². The number of likely N-dealkylation sites (tertiary alicyclic amines) is 1. The molecule has 1 aromatic heterocycles. The molecule has 3 aromatic rings. The maximum absolute atomic E-state index is 13.0. The molecule has 0 aliphatic carbocycles. The van der Waals surface area contributed by atoms with Crippen LogP contribution in [0.2, 0.25) is 5.02 Å². The standard InChI is InChI=1S/C24H19ClN2O4/c1-31-19-6-2-5-17(12-19)22(28)20-21(16-7-9-18(25)10-8-16)27(24(30)23(20)29)14-15-4-3-11-26-13-15/h2-13,21,28H,14H2,1H3/b22-20+/t21-/m1/s1. The largest absolute Gasteiger partial charge is 0.507 e. The van der Waals surface area contributed by atoms with Crippen LogP contribution in [0.15, 0.2) is 78.6 Å². The van der Waals surface area contributed by atoms with Gasteiger partial charge in [0, 0.05) is 29.5 Å². The van der Waals surface area contributed by atoms with Crippen LogP contribution < -0.4 is 4.74 Å². The van der Waals surface area contributed by atoms with Gasteiger partial charge in [0.25, 0.3) is 11.7 Å². The number of hydrogen-bond donors (Lipinski definition) is 1. The zero-order valence-corrected chi connectivity index (χ0v) is 17.4. The number of pyridine rings is 1. The van der Waals surface area contributed by atoms with E-state index in [1.165, 1.54) is 12.0 Å². The predicted molar refractivity (Wildman–Crippen MR) is 117 cm³/mol. The number of amides is 1. The van der Waals surface area contributed by atoms with Crippen LogP contribution in [0.25, 0.3) is 5.76 Å². The number of hydrogen-bond acceptors (Lipinski definition) is 5. The lowest BCUT2D eigenvalue weighted by Gasteiger charge is -2.25. The number of ketones is 1. The van der Waals surface area contributed by atoms with Crippen molar-refractivity contribution in [2.45, 2.75) is 12.6 Å². The Morgan fingerprint density at radius 3 is 2.58 bits per heavy atom. The second kappa shape index (κ2) is 8.62.